The Morgan fingerprint density at radius 3 is 2.62 bits per heavy atom. The fourth-order valence-electron chi connectivity index (χ4n) is 3.65. The monoisotopic (exact) mass is 417 g/mol. The van der Waals surface area contributed by atoms with Crippen LogP contribution < -0.4 is 9.47 Å². The number of nitrogens with zero attached hydrogens (tertiary/aromatic N) is 1. The summed E-state index contributed by atoms with van der Waals surface area (Å²) in [6.45, 7) is 4.03. The maximum absolute atomic E-state index is 12.5. The molecule has 5 heteroatoms. The van der Waals surface area contributed by atoms with Crippen LogP contribution in [0, 0.1) is 0 Å². The van der Waals surface area contributed by atoms with Crippen LogP contribution in [0.4, 0.5) is 0 Å². The highest BCUT2D eigenvalue weighted by atomic mass is 79.9. The summed E-state index contributed by atoms with van der Waals surface area (Å²) in [5.74, 6) is 2.17. The summed E-state index contributed by atoms with van der Waals surface area (Å²) < 4.78 is 11.1. The molecule has 0 spiro atoms. The zero-order valence-electron chi connectivity index (χ0n) is 14.7. The summed E-state index contributed by atoms with van der Waals surface area (Å²) in [6.07, 6.45) is 1.71. The molecule has 2 aromatic rings. The number of likely N-dealkylation sites (tertiary alicyclic amines) is 1. The van der Waals surface area contributed by atoms with Crippen molar-refractivity contribution >= 4 is 22.8 Å². The lowest BCUT2D eigenvalue weighted by atomic mass is 9.99. The maximum Gasteiger partial charge on any atom is 0.164 e. The van der Waals surface area contributed by atoms with E-state index in [9.17, 15) is 4.79 Å². The first-order valence-electron chi connectivity index (χ1n) is 9.00. The van der Waals surface area contributed by atoms with Crippen LogP contribution in [0.1, 0.15) is 34.7 Å². The van der Waals surface area contributed by atoms with Crippen molar-refractivity contribution in [2.75, 3.05) is 32.8 Å². The Bertz CT molecular complexity index is 750. The van der Waals surface area contributed by atoms with Crippen LogP contribution in [0.3, 0.4) is 0 Å². The normalized spacial score (nSPS) is 19.0. The molecule has 0 bridgehead atoms. The minimum atomic E-state index is 0. The van der Waals surface area contributed by atoms with Crippen LogP contribution in [-0.4, -0.2) is 43.5 Å². The van der Waals surface area contributed by atoms with Gasteiger partial charge in [-0.3, -0.25) is 4.79 Å². The summed E-state index contributed by atoms with van der Waals surface area (Å²) in [5, 5.41) is 0. The van der Waals surface area contributed by atoms with E-state index in [1.54, 1.807) is 0 Å². The van der Waals surface area contributed by atoms with E-state index in [2.05, 4.69) is 35.2 Å². The van der Waals surface area contributed by atoms with Gasteiger partial charge in [-0.25, -0.2) is 0 Å². The molecule has 0 amide bonds. The van der Waals surface area contributed by atoms with Gasteiger partial charge in [0.15, 0.2) is 17.3 Å². The van der Waals surface area contributed by atoms with Crippen LogP contribution >= 0.6 is 17.0 Å². The number of Topliss-reactive ketones (excluding diaryl/α,β-unsaturated/α-hetero) is 1. The first kappa shape index (κ1) is 18.9. The molecular formula is C21H24BrNO3. The molecule has 2 aliphatic heterocycles. The smallest absolute Gasteiger partial charge is 0.164 e. The largest absolute Gasteiger partial charge is 0.486 e. The molecule has 2 heterocycles. The van der Waals surface area contributed by atoms with Gasteiger partial charge >= 0.3 is 0 Å². The van der Waals surface area contributed by atoms with Gasteiger partial charge in [0.25, 0.3) is 0 Å². The second kappa shape index (κ2) is 8.69. The second-order valence-corrected chi connectivity index (χ2v) is 6.73. The fourth-order valence-corrected chi connectivity index (χ4v) is 3.65. The summed E-state index contributed by atoms with van der Waals surface area (Å²) in [5.41, 5.74) is 2.12. The number of ether oxygens (including phenoxy) is 2. The number of hydrogen-bond donors (Lipinski definition) is 0. The zero-order valence-corrected chi connectivity index (χ0v) is 16.4. The van der Waals surface area contributed by atoms with E-state index in [0.717, 1.165) is 25.4 Å². The van der Waals surface area contributed by atoms with Crippen LogP contribution in [0.5, 0.6) is 11.5 Å². The molecule has 138 valence electrons. The zero-order chi connectivity index (χ0) is 17.1. The molecule has 1 saturated heterocycles. The van der Waals surface area contributed by atoms with Crippen molar-refractivity contribution in [2.45, 2.75) is 18.8 Å². The molecule has 26 heavy (non-hydrogen) atoms. The predicted octanol–water partition coefficient (Wildman–Crippen LogP) is 4.10. The number of carbonyl (C=O) groups is 1. The topological polar surface area (TPSA) is 38.8 Å². The maximum atomic E-state index is 12.5. The minimum Gasteiger partial charge on any atom is -0.486 e. The van der Waals surface area contributed by atoms with Gasteiger partial charge in [-0.2, -0.15) is 0 Å². The van der Waals surface area contributed by atoms with Crippen LogP contribution in [0.25, 0.3) is 0 Å². The van der Waals surface area contributed by atoms with Crippen molar-refractivity contribution in [3.63, 3.8) is 0 Å². The molecule has 0 saturated carbocycles. The molecule has 1 atom stereocenters. The van der Waals surface area contributed by atoms with Gasteiger partial charge in [-0.15, -0.1) is 17.0 Å². The summed E-state index contributed by atoms with van der Waals surface area (Å²) in [4.78, 5) is 14.9. The van der Waals surface area contributed by atoms with E-state index < -0.39 is 0 Å². The van der Waals surface area contributed by atoms with E-state index in [4.69, 9.17) is 9.47 Å². The Kier molecular flexibility index (Phi) is 6.33. The van der Waals surface area contributed by atoms with Gasteiger partial charge in [-0.1, -0.05) is 30.3 Å². The van der Waals surface area contributed by atoms with Gasteiger partial charge in [-0.05, 0) is 42.6 Å². The van der Waals surface area contributed by atoms with Gasteiger partial charge in [0.1, 0.15) is 13.2 Å². The van der Waals surface area contributed by atoms with E-state index in [-0.39, 0.29) is 22.8 Å². The van der Waals surface area contributed by atoms with E-state index >= 15 is 0 Å². The first-order valence-corrected chi connectivity index (χ1v) is 9.00. The molecular weight excluding hydrogens is 394 g/mol. The Balaban J connectivity index is 0.00000196. The lowest BCUT2D eigenvalue weighted by Gasteiger charge is -2.19. The van der Waals surface area contributed by atoms with Crippen molar-refractivity contribution in [3.05, 3.63) is 59.7 Å². The van der Waals surface area contributed by atoms with Gasteiger partial charge in [0.2, 0.25) is 0 Å². The van der Waals surface area contributed by atoms with Crippen LogP contribution in [-0.2, 0) is 0 Å². The number of halogens is 1. The van der Waals surface area contributed by atoms with Crippen LogP contribution in [0.2, 0.25) is 0 Å². The number of rotatable bonds is 5. The third-order valence-corrected chi connectivity index (χ3v) is 5.06. The lowest BCUT2D eigenvalue weighted by Crippen LogP contribution is -2.23. The van der Waals surface area contributed by atoms with Gasteiger partial charge < -0.3 is 14.4 Å². The number of ketones is 1. The number of benzene rings is 2. The van der Waals surface area contributed by atoms with Gasteiger partial charge in [0, 0.05) is 25.1 Å². The molecule has 0 aromatic heterocycles. The number of hydrogen-bond acceptors (Lipinski definition) is 4. The quantitative estimate of drug-likeness (QED) is 0.686. The average molecular weight is 418 g/mol. The minimum absolute atomic E-state index is 0. The molecule has 0 N–H and O–H groups in total. The van der Waals surface area contributed by atoms with E-state index in [1.807, 2.05) is 18.2 Å². The fraction of sp³-hybridized carbons (Fsp3) is 0.381. The third-order valence-electron chi connectivity index (χ3n) is 5.06. The summed E-state index contributed by atoms with van der Waals surface area (Å²) in [6, 6.07) is 16.2. The van der Waals surface area contributed by atoms with Crippen molar-refractivity contribution in [3.8, 4) is 11.5 Å². The summed E-state index contributed by atoms with van der Waals surface area (Å²) in [7, 11) is 0. The Labute approximate surface area is 164 Å². The Morgan fingerprint density at radius 2 is 1.81 bits per heavy atom. The predicted molar refractivity (Wildman–Crippen MR) is 107 cm³/mol. The molecule has 1 unspecified atom stereocenters. The SMILES string of the molecule is Br.O=C(CCN1CCC(c2ccccc2)C1)c1ccc2c(c1)OCCO2. The molecule has 1 fully saturated rings. The van der Waals surface area contributed by atoms with Crippen molar-refractivity contribution in [1.29, 1.82) is 0 Å². The molecule has 2 aliphatic rings. The number of carbonyl (C=O) groups excluding carboxylic acids is 1. The molecule has 4 nitrogen and oxygen atoms in total. The summed E-state index contributed by atoms with van der Waals surface area (Å²) >= 11 is 0. The second-order valence-electron chi connectivity index (χ2n) is 6.73. The molecule has 2 aromatic carbocycles. The highest BCUT2D eigenvalue weighted by Crippen LogP contribution is 2.31. The van der Waals surface area contributed by atoms with Gasteiger partial charge in [0.05, 0.1) is 0 Å². The first-order chi connectivity index (χ1) is 12.3. The Morgan fingerprint density at radius 1 is 1.04 bits per heavy atom. The number of fused-ring (bicyclic) bond motifs is 1. The molecule has 0 aliphatic carbocycles. The lowest BCUT2D eigenvalue weighted by molar-refractivity contribution is 0.0967. The van der Waals surface area contributed by atoms with Crippen molar-refractivity contribution in [1.82, 2.24) is 4.90 Å². The highest BCUT2D eigenvalue weighted by Gasteiger charge is 2.24. The van der Waals surface area contributed by atoms with Crippen LogP contribution in [0.15, 0.2) is 48.5 Å². The van der Waals surface area contributed by atoms with E-state index in [1.165, 1.54) is 12.0 Å². The van der Waals surface area contributed by atoms with Crippen molar-refractivity contribution in [2.24, 2.45) is 0 Å². The van der Waals surface area contributed by atoms with E-state index in [0.29, 0.717) is 36.9 Å². The van der Waals surface area contributed by atoms with Crippen molar-refractivity contribution < 1.29 is 14.3 Å². The Hall–Kier alpha value is -1.85. The molecule has 4 rings (SSSR count). The standard InChI is InChI=1S/C21H23NO3.BrH/c23-19(17-6-7-20-21(14-17)25-13-12-24-20)9-11-22-10-8-18(15-22)16-4-2-1-3-5-16;/h1-7,14,18H,8-13,15H2;1H. The third kappa shape index (κ3) is 4.27. The average Bonchev–Trinajstić information content (AvgIpc) is 3.15. The molecule has 0 radical (unpaired) electrons. The highest BCUT2D eigenvalue weighted by molar-refractivity contribution is 8.93.